The second kappa shape index (κ2) is 6.78. The molecule has 2 aliphatic rings. The molecule has 3 rings (SSSR count). The zero-order chi connectivity index (χ0) is 15.5. The van der Waals surface area contributed by atoms with Crippen molar-refractivity contribution in [3.63, 3.8) is 0 Å². The molecule has 0 aliphatic carbocycles. The van der Waals surface area contributed by atoms with Crippen LogP contribution in [0.3, 0.4) is 0 Å². The second-order valence-corrected chi connectivity index (χ2v) is 6.71. The van der Waals surface area contributed by atoms with E-state index in [0.717, 1.165) is 45.0 Å². The zero-order valence-corrected chi connectivity index (χ0v) is 14.1. The standard InChI is InChI=1S/C18H29N3O/c1-4-10-21-13-17(14(2)3)22-16-7-5-6-15(18(16)21)20-11-8-19-9-12-20/h5-7,14,17,19H,4,8-13H2,1-3H3. The Morgan fingerprint density at radius 1 is 1.27 bits per heavy atom. The van der Waals surface area contributed by atoms with Gasteiger partial charge in [-0.1, -0.05) is 26.8 Å². The Balaban J connectivity index is 1.95. The summed E-state index contributed by atoms with van der Waals surface area (Å²) >= 11 is 0. The molecule has 4 nitrogen and oxygen atoms in total. The Bertz CT molecular complexity index is 497. The van der Waals surface area contributed by atoms with Gasteiger partial charge in [0.15, 0.2) is 0 Å². The third kappa shape index (κ3) is 3.02. The molecule has 1 aromatic rings. The molecule has 1 aromatic carbocycles. The van der Waals surface area contributed by atoms with E-state index >= 15 is 0 Å². The fourth-order valence-electron chi connectivity index (χ4n) is 3.41. The number of hydrogen-bond acceptors (Lipinski definition) is 4. The molecule has 0 radical (unpaired) electrons. The van der Waals surface area contributed by atoms with Crippen LogP contribution >= 0.6 is 0 Å². The third-order valence-electron chi connectivity index (χ3n) is 4.67. The van der Waals surface area contributed by atoms with Gasteiger partial charge in [0.2, 0.25) is 0 Å². The highest BCUT2D eigenvalue weighted by atomic mass is 16.5. The predicted molar refractivity (Wildman–Crippen MR) is 93.3 cm³/mol. The highest BCUT2D eigenvalue weighted by Crippen LogP contribution is 2.42. The summed E-state index contributed by atoms with van der Waals surface area (Å²) in [5.41, 5.74) is 2.65. The Kier molecular flexibility index (Phi) is 4.77. The van der Waals surface area contributed by atoms with Gasteiger partial charge >= 0.3 is 0 Å². The average molecular weight is 303 g/mol. The van der Waals surface area contributed by atoms with Gasteiger partial charge in [0.1, 0.15) is 17.5 Å². The number of benzene rings is 1. The van der Waals surface area contributed by atoms with Gasteiger partial charge in [-0.15, -0.1) is 0 Å². The van der Waals surface area contributed by atoms with Crippen molar-refractivity contribution in [3.8, 4) is 5.75 Å². The van der Waals surface area contributed by atoms with Gasteiger partial charge in [-0.05, 0) is 24.5 Å². The number of para-hydroxylation sites is 1. The molecule has 1 saturated heterocycles. The first-order chi connectivity index (χ1) is 10.7. The minimum Gasteiger partial charge on any atom is -0.486 e. The smallest absolute Gasteiger partial charge is 0.145 e. The molecule has 2 heterocycles. The van der Waals surface area contributed by atoms with Gasteiger partial charge in [0.05, 0.1) is 12.2 Å². The van der Waals surface area contributed by atoms with Crippen molar-refractivity contribution >= 4 is 11.4 Å². The van der Waals surface area contributed by atoms with Crippen LogP contribution in [0.4, 0.5) is 11.4 Å². The summed E-state index contributed by atoms with van der Waals surface area (Å²) in [7, 11) is 0. The quantitative estimate of drug-likeness (QED) is 0.925. The van der Waals surface area contributed by atoms with E-state index in [9.17, 15) is 0 Å². The summed E-state index contributed by atoms with van der Waals surface area (Å²) in [5.74, 6) is 1.60. The molecule has 0 bridgehead atoms. The van der Waals surface area contributed by atoms with Crippen LogP contribution in [-0.2, 0) is 0 Å². The van der Waals surface area contributed by atoms with Crippen LogP contribution in [0.2, 0.25) is 0 Å². The summed E-state index contributed by atoms with van der Waals surface area (Å²) in [5, 5.41) is 3.44. The van der Waals surface area contributed by atoms with Crippen molar-refractivity contribution < 1.29 is 4.74 Å². The monoisotopic (exact) mass is 303 g/mol. The van der Waals surface area contributed by atoms with Gasteiger partial charge in [-0.3, -0.25) is 0 Å². The van der Waals surface area contributed by atoms with Crippen molar-refractivity contribution in [2.75, 3.05) is 49.1 Å². The highest BCUT2D eigenvalue weighted by molar-refractivity contribution is 5.79. The first kappa shape index (κ1) is 15.5. The summed E-state index contributed by atoms with van der Waals surface area (Å²) < 4.78 is 6.32. The fraction of sp³-hybridized carbons (Fsp3) is 0.667. The minimum atomic E-state index is 0.289. The maximum absolute atomic E-state index is 6.32. The molecule has 1 atom stereocenters. The van der Waals surface area contributed by atoms with Crippen LogP contribution in [0.1, 0.15) is 27.2 Å². The first-order valence-electron chi connectivity index (χ1n) is 8.71. The van der Waals surface area contributed by atoms with E-state index in [2.05, 4.69) is 54.1 Å². The molecule has 2 aliphatic heterocycles. The molecule has 0 aromatic heterocycles. The van der Waals surface area contributed by atoms with Crippen LogP contribution in [0.5, 0.6) is 5.75 Å². The maximum atomic E-state index is 6.32. The summed E-state index contributed by atoms with van der Waals surface area (Å²) in [6, 6.07) is 6.53. The van der Waals surface area contributed by atoms with E-state index in [1.54, 1.807) is 0 Å². The van der Waals surface area contributed by atoms with E-state index in [1.807, 2.05) is 0 Å². The van der Waals surface area contributed by atoms with Crippen molar-refractivity contribution in [1.82, 2.24) is 5.32 Å². The normalized spacial score (nSPS) is 21.7. The van der Waals surface area contributed by atoms with Gasteiger partial charge in [-0.25, -0.2) is 0 Å². The van der Waals surface area contributed by atoms with Crippen LogP contribution < -0.4 is 19.9 Å². The average Bonchev–Trinajstić information content (AvgIpc) is 2.55. The first-order valence-corrected chi connectivity index (χ1v) is 8.71. The van der Waals surface area contributed by atoms with E-state index in [1.165, 1.54) is 17.8 Å². The van der Waals surface area contributed by atoms with Crippen molar-refractivity contribution in [2.24, 2.45) is 5.92 Å². The molecule has 1 N–H and O–H groups in total. The van der Waals surface area contributed by atoms with E-state index < -0.39 is 0 Å². The number of fused-ring (bicyclic) bond motifs is 1. The second-order valence-electron chi connectivity index (χ2n) is 6.71. The molecule has 0 spiro atoms. The lowest BCUT2D eigenvalue weighted by molar-refractivity contribution is 0.146. The summed E-state index contributed by atoms with van der Waals surface area (Å²) in [6.07, 6.45) is 1.46. The summed E-state index contributed by atoms with van der Waals surface area (Å²) in [6.45, 7) is 13.1. The largest absolute Gasteiger partial charge is 0.486 e. The lowest BCUT2D eigenvalue weighted by atomic mass is 10.0. The molecule has 0 amide bonds. The van der Waals surface area contributed by atoms with Crippen LogP contribution in [0, 0.1) is 5.92 Å². The Morgan fingerprint density at radius 3 is 2.73 bits per heavy atom. The van der Waals surface area contributed by atoms with Gasteiger partial charge in [0.25, 0.3) is 0 Å². The number of nitrogens with zero attached hydrogens (tertiary/aromatic N) is 2. The van der Waals surface area contributed by atoms with Crippen LogP contribution in [-0.4, -0.2) is 45.4 Å². The zero-order valence-electron chi connectivity index (χ0n) is 14.1. The highest BCUT2D eigenvalue weighted by Gasteiger charge is 2.30. The third-order valence-corrected chi connectivity index (χ3v) is 4.67. The van der Waals surface area contributed by atoms with Gasteiger partial charge in [-0.2, -0.15) is 0 Å². The molecule has 1 fully saturated rings. The maximum Gasteiger partial charge on any atom is 0.145 e. The van der Waals surface area contributed by atoms with Crippen molar-refractivity contribution in [1.29, 1.82) is 0 Å². The topological polar surface area (TPSA) is 27.7 Å². The number of hydrogen-bond donors (Lipinski definition) is 1. The fourth-order valence-corrected chi connectivity index (χ4v) is 3.41. The SMILES string of the molecule is CCCN1CC(C(C)C)Oc2cccc(N3CCNCC3)c21. The molecule has 122 valence electrons. The lowest BCUT2D eigenvalue weighted by Crippen LogP contribution is -2.46. The number of nitrogens with one attached hydrogen (secondary N) is 1. The van der Waals surface area contributed by atoms with Crippen LogP contribution in [0.25, 0.3) is 0 Å². The van der Waals surface area contributed by atoms with Crippen molar-refractivity contribution in [3.05, 3.63) is 18.2 Å². The molecular weight excluding hydrogens is 274 g/mol. The van der Waals surface area contributed by atoms with E-state index in [0.29, 0.717) is 5.92 Å². The lowest BCUT2D eigenvalue weighted by Gasteiger charge is -2.41. The van der Waals surface area contributed by atoms with Crippen LogP contribution in [0.15, 0.2) is 18.2 Å². The Labute approximate surface area is 134 Å². The number of rotatable bonds is 4. The van der Waals surface area contributed by atoms with Crippen molar-refractivity contribution in [2.45, 2.75) is 33.3 Å². The molecule has 22 heavy (non-hydrogen) atoms. The minimum absolute atomic E-state index is 0.289. The molecule has 0 saturated carbocycles. The number of ether oxygens (including phenoxy) is 1. The molecule has 1 unspecified atom stereocenters. The van der Waals surface area contributed by atoms with Gasteiger partial charge < -0.3 is 19.9 Å². The number of piperazine rings is 1. The Hall–Kier alpha value is -1.42. The van der Waals surface area contributed by atoms with E-state index in [-0.39, 0.29) is 6.10 Å². The predicted octanol–water partition coefficient (Wildman–Crippen LogP) is 2.73. The summed E-state index contributed by atoms with van der Waals surface area (Å²) in [4.78, 5) is 5.04. The molecule has 4 heteroatoms. The van der Waals surface area contributed by atoms with E-state index in [4.69, 9.17) is 4.74 Å². The molecular formula is C18H29N3O. The van der Waals surface area contributed by atoms with Gasteiger partial charge in [0, 0.05) is 32.7 Å². The Morgan fingerprint density at radius 2 is 2.05 bits per heavy atom. The number of anilines is 2.